The lowest BCUT2D eigenvalue weighted by atomic mass is 10.2. The third kappa shape index (κ3) is 3.38. The van der Waals surface area contributed by atoms with Gasteiger partial charge in [0, 0.05) is 27.5 Å². The molecular formula is C19H12Br2N4O2. The van der Waals surface area contributed by atoms with E-state index < -0.39 is 5.69 Å². The summed E-state index contributed by atoms with van der Waals surface area (Å²) in [5.41, 5.74) is 0.921. The molecule has 27 heavy (non-hydrogen) atoms. The molecule has 0 aliphatic rings. The standard InChI is InChI=1S/C19H12Br2N4O2/c20-13-8-14(21)10-15(9-13)25-17-16(2-1-5-23-17)18(26)24(19(25)27)11-12-3-6-22-7-4-12/h1-10H,11H2. The molecule has 3 aromatic heterocycles. The number of halogens is 2. The molecular weight excluding hydrogens is 476 g/mol. The molecule has 0 radical (unpaired) electrons. The lowest BCUT2D eigenvalue weighted by Crippen LogP contribution is -2.40. The first-order chi connectivity index (χ1) is 13.0. The van der Waals surface area contributed by atoms with E-state index in [9.17, 15) is 9.59 Å². The van der Waals surface area contributed by atoms with E-state index in [0.29, 0.717) is 16.7 Å². The van der Waals surface area contributed by atoms with Crippen molar-refractivity contribution < 1.29 is 0 Å². The molecule has 0 spiro atoms. The molecule has 0 bridgehead atoms. The van der Waals surface area contributed by atoms with Crippen molar-refractivity contribution in [3.05, 3.63) is 96.4 Å². The van der Waals surface area contributed by atoms with Crippen LogP contribution in [0.1, 0.15) is 5.56 Å². The van der Waals surface area contributed by atoms with E-state index in [-0.39, 0.29) is 12.1 Å². The van der Waals surface area contributed by atoms with Crippen molar-refractivity contribution in [2.45, 2.75) is 6.54 Å². The Kier molecular flexibility index (Phi) is 4.75. The molecule has 0 unspecified atom stereocenters. The summed E-state index contributed by atoms with van der Waals surface area (Å²) in [7, 11) is 0. The molecule has 0 fully saturated rings. The Balaban J connectivity index is 2.06. The number of fused-ring (bicyclic) bond motifs is 1. The van der Waals surface area contributed by atoms with Crippen molar-refractivity contribution in [2.24, 2.45) is 0 Å². The van der Waals surface area contributed by atoms with E-state index in [1.54, 1.807) is 42.9 Å². The molecule has 0 aliphatic carbocycles. The predicted molar refractivity (Wildman–Crippen MR) is 110 cm³/mol. The summed E-state index contributed by atoms with van der Waals surface area (Å²) >= 11 is 6.89. The Morgan fingerprint density at radius 1 is 0.926 bits per heavy atom. The Labute approximate surface area is 170 Å². The fourth-order valence-corrected chi connectivity index (χ4v) is 4.17. The van der Waals surface area contributed by atoms with Gasteiger partial charge >= 0.3 is 5.69 Å². The number of hydrogen-bond donors (Lipinski definition) is 0. The van der Waals surface area contributed by atoms with Gasteiger partial charge in [0.2, 0.25) is 0 Å². The third-order valence-corrected chi connectivity index (χ3v) is 5.01. The lowest BCUT2D eigenvalue weighted by molar-refractivity contribution is 0.682. The predicted octanol–water partition coefficient (Wildman–Crippen LogP) is 3.52. The van der Waals surface area contributed by atoms with Crippen LogP contribution in [0.3, 0.4) is 0 Å². The van der Waals surface area contributed by atoms with E-state index in [2.05, 4.69) is 41.8 Å². The summed E-state index contributed by atoms with van der Waals surface area (Å²) < 4.78 is 4.27. The summed E-state index contributed by atoms with van der Waals surface area (Å²) in [5.74, 6) is 0. The highest BCUT2D eigenvalue weighted by Crippen LogP contribution is 2.23. The van der Waals surface area contributed by atoms with Crippen molar-refractivity contribution in [3.8, 4) is 5.69 Å². The molecule has 0 amide bonds. The molecule has 0 atom stereocenters. The van der Waals surface area contributed by atoms with E-state index in [1.165, 1.54) is 9.13 Å². The minimum Gasteiger partial charge on any atom is -0.268 e. The van der Waals surface area contributed by atoms with Crippen molar-refractivity contribution in [3.63, 3.8) is 0 Å². The van der Waals surface area contributed by atoms with Crippen LogP contribution in [0.2, 0.25) is 0 Å². The topological polar surface area (TPSA) is 69.8 Å². The molecule has 8 heteroatoms. The molecule has 0 aliphatic heterocycles. The largest absolute Gasteiger partial charge is 0.337 e. The van der Waals surface area contributed by atoms with Gasteiger partial charge in [0.25, 0.3) is 5.56 Å². The van der Waals surface area contributed by atoms with Gasteiger partial charge in [-0.25, -0.2) is 14.3 Å². The van der Waals surface area contributed by atoms with Crippen molar-refractivity contribution in [1.29, 1.82) is 0 Å². The van der Waals surface area contributed by atoms with Crippen LogP contribution in [0.15, 0.2) is 79.6 Å². The summed E-state index contributed by atoms with van der Waals surface area (Å²) in [4.78, 5) is 34.5. The molecule has 4 rings (SSSR count). The zero-order chi connectivity index (χ0) is 19.0. The minimum absolute atomic E-state index is 0.153. The van der Waals surface area contributed by atoms with Gasteiger partial charge < -0.3 is 0 Å². The van der Waals surface area contributed by atoms with Crippen LogP contribution in [-0.4, -0.2) is 19.1 Å². The van der Waals surface area contributed by atoms with Crippen LogP contribution in [0, 0.1) is 0 Å². The van der Waals surface area contributed by atoms with Crippen LogP contribution >= 0.6 is 31.9 Å². The maximum Gasteiger partial charge on any atom is 0.337 e. The number of pyridine rings is 2. The average molecular weight is 488 g/mol. The lowest BCUT2D eigenvalue weighted by Gasteiger charge is -2.14. The molecule has 1 aromatic carbocycles. The molecule has 4 aromatic rings. The number of nitrogens with zero attached hydrogens (tertiary/aromatic N) is 4. The highest BCUT2D eigenvalue weighted by Gasteiger charge is 2.16. The fraction of sp³-hybridized carbons (Fsp3) is 0.0526. The van der Waals surface area contributed by atoms with Crippen molar-refractivity contribution in [2.75, 3.05) is 0 Å². The number of hydrogen-bond acceptors (Lipinski definition) is 4. The molecule has 0 N–H and O–H groups in total. The van der Waals surface area contributed by atoms with Gasteiger partial charge in [-0.05, 0) is 48.0 Å². The minimum atomic E-state index is -0.451. The first-order valence-corrected chi connectivity index (χ1v) is 9.59. The van der Waals surface area contributed by atoms with Crippen LogP contribution < -0.4 is 11.2 Å². The second-order valence-corrected chi connectivity index (χ2v) is 7.70. The van der Waals surface area contributed by atoms with E-state index in [4.69, 9.17) is 0 Å². The number of benzene rings is 1. The summed E-state index contributed by atoms with van der Waals surface area (Å²) in [6.07, 6.45) is 4.83. The monoisotopic (exact) mass is 486 g/mol. The summed E-state index contributed by atoms with van der Waals surface area (Å²) in [5, 5.41) is 0.377. The summed E-state index contributed by atoms with van der Waals surface area (Å²) in [6.45, 7) is 0.153. The normalized spacial score (nSPS) is 11.0. The van der Waals surface area contributed by atoms with Gasteiger partial charge in [0.1, 0.15) is 0 Å². The van der Waals surface area contributed by atoms with Crippen LogP contribution in [0.25, 0.3) is 16.7 Å². The molecule has 3 heterocycles. The van der Waals surface area contributed by atoms with Gasteiger partial charge in [-0.2, -0.15) is 0 Å². The molecule has 0 saturated heterocycles. The average Bonchev–Trinajstić information content (AvgIpc) is 2.65. The quantitative estimate of drug-likeness (QED) is 0.443. The van der Waals surface area contributed by atoms with Crippen LogP contribution in [0.5, 0.6) is 0 Å². The van der Waals surface area contributed by atoms with E-state index in [1.807, 2.05) is 18.2 Å². The smallest absolute Gasteiger partial charge is 0.268 e. The Morgan fingerprint density at radius 2 is 1.63 bits per heavy atom. The number of rotatable bonds is 3. The second-order valence-electron chi connectivity index (χ2n) is 5.87. The third-order valence-electron chi connectivity index (χ3n) is 4.09. The molecule has 0 saturated carbocycles. The first-order valence-electron chi connectivity index (χ1n) is 8.00. The maximum absolute atomic E-state index is 13.3. The maximum atomic E-state index is 13.3. The Hall–Kier alpha value is -2.58. The Morgan fingerprint density at radius 3 is 2.33 bits per heavy atom. The number of aromatic nitrogens is 4. The zero-order valence-electron chi connectivity index (χ0n) is 13.8. The zero-order valence-corrected chi connectivity index (χ0v) is 17.0. The van der Waals surface area contributed by atoms with Crippen LogP contribution in [0.4, 0.5) is 0 Å². The van der Waals surface area contributed by atoms with E-state index in [0.717, 1.165) is 14.5 Å². The second kappa shape index (κ2) is 7.21. The SMILES string of the molecule is O=c1c2cccnc2n(-c2cc(Br)cc(Br)c2)c(=O)n1Cc1ccncc1. The highest BCUT2D eigenvalue weighted by atomic mass is 79.9. The van der Waals surface area contributed by atoms with E-state index >= 15 is 0 Å². The van der Waals surface area contributed by atoms with Crippen molar-refractivity contribution in [1.82, 2.24) is 19.1 Å². The van der Waals surface area contributed by atoms with Gasteiger partial charge in [-0.15, -0.1) is 0 Å². The fourth-order valence-electron chi connectivity index (χ4n) is 2.90. The van der Waals surface area contributed by atoms with Gasteiger partial charge in [0.15, 0.2) is 5.65 Å². The molecule has 134 valence electrons. The Bertz CT molecular complexity index is 1250. The van der Waals surface area contributed by atoms with Gasteiger partial charge in [0.05, 0.1) is 17.6 Å². The van der Waals surface area contributed by atoms with Crippen molar-refractivity contribution >= 4 is 42.9 Å². The molecule has 6 nitrogen and oxygen atoms in total. The highest BCUT2D eigenvalue weighted by molar-refractivity contribution is 9.11. The van der Waals surface area contributed by atoms with Gasteiger partial charge in [-0.1, -0.05) is 31.9 Å². The first kappa shape index (κ1) is 17.8. The van der Waals surface area contributed by atoms with Crippen LogP contribution in [-0.2, 0) is 6.54 Å². The summed E-state index contributed by atoms with van der Waals surface area (Å²) in [6, 6.07) is 12.4. The van der Waals surface area contributed by atoms with Gasteiger partial charge in [-0.3, -0.25) is 14.3 Å².